The fraction of sp³-hybridized carbons (Fsp3) is 0.417. The van der Waals surface area contributed by atoms with Crippen LogP contribution in [0.5, 0.6) is 11.5 Å². The molecule has 0 saturated heterocycles. The van der Waals surface area contributed by atoms with Gasteiger partial charge in [-0.1, -0.05) is 6.07 Å². The first-order chi connectivity index (χ1) is 9.37. The topological polar surface area (TPSA) is 117 Å². The number of para-hydroxylation sites is 1. The van der Waals surface area contributed by atoms with Crippen LogP contribution in [0.1, 0.15) is 12.8 Å². The molecule has 1 aromatic carbocycles. The minimum absolute atomic E-state index is 0. The van der Waals surface area contributed by atoms with E-state index in [2.05, 4.69) is 4.99 Å². The number of ether oxygens (including phenoxy) is 2. The maximum atomic E-state index is 11.7. The van der Waals surface area contributed by atoms with Gasteiger partial charge in [-0.3, -0.25) is 4.99 Å². The summed E-state index contributed by atoms with van der Waals surface area (Å²) in [6.45, 7) is 0. The summed E-state index contributed by atoms with van der Waals surface area (Å²) in [4.78, 5) is 32.0. The van der Waals surface area contributed by atoms with Gasteiger partial charge >= 0.3 is 29.6 Å². The molecule has 0 aliphatic heterocycles. The fourth-order valence-corrected chi connectivity index (χ4v) is 2.13. The Morgan fingerprint density at radius 3 is 2.19 bits per heavy atom. The Kier molecular flexibility index (Phi) is 9.40. The van der Waals surface area contributed by atoms with Gasteiger partial charge in [0.2, 0.25) is 7.94 Å². The standard InChI is InChI=1S/C12H18NO6P.Na/c1-18-9-5-3-6-10(19-2)12(9)13-11(14)7-4-8-20(15,16)17;/h3,5-6H,4,7-8H2,1-2H3,(H,13,14)(H2,15,16,17);/q;+1/p-1. The minimum Gasteiger partial charge on any atom is -0.862 e. The molecule has 0 amide bonds. The van der Waals surface area contributed by atoms with E-state index in [0.29, 0.717) is 11.5 Å². The zero-order valence-electron chi connectivity index (χ0n) is 12.3. The molecule has 0 radical (unpaired) electrons. The molecule has 7 nitrogen and oxygen atoms in total. The van der Waals surface area contributed by atoms with Gasteiger partial charge in [-0.05, 0) is 30.9 Å². The summed E-state index contributed by atoms with van der Waals surface area (Å²) in [7, 11) is -1.18. The van der Waals surface area contributed by atoms with Crippen LogP contribution in [0.2, 0.25) is 0 Å². The van der Waals surface area contributed by atoms with Gasteiger partial charge < -0.3 is 19.5 Å². The molecule has 112 valence electrons. The number of rotatable bonds is 7. The van der Waals surface area contributed by atoms with Crippen molar-refractivity contribution in [2.75, 3.05) is 20.4 Å². The van der Waals surface area contributed by atoms with E-state index in [1.54, 1.807) is 18.2 Å². The third-order valence-electron chi connectivity index (χ3n) is 2.48. The first-order valence-electron chi connectivity index (χ1n) is 5.87. The Bertz CT molecular complexity index is 455. The second-order valence-corrected chi connectivity index (χ2v) is 5.79. The van der Waals surface area contributed by atoms with Crippen molar-refractivity contribution >= 4 is 19.5 Å². The Labute approximate surface area is 146 Å². The molecule has 0 spiro atoms. The molecule has 0 atom stereocenters. The van der Waals surface area contributed by atoms with E-state index in [-0.39, 0.29) is 54.2 Å². The Balaban J connectivity index is 0.00000400. The van der Waals surface area contributed by atoms with Crippen molar-refractivity contribution in [3.05, 3.63) is 18.2 Å². The number of hydrogen-bond acceptors (Lipinski definition) is 7. The zero-order valence-corrected chi connectivity index (χ0v) is 15.2. The summed E-state index contributed by atoms with van der Waals surface area (Å²) in [6, 6.07) is 4.99. The van der Waals surface area contributed by atoms with E-state index in [4.69, 9.17) is 19.3 Å². The molecule has 9 heteroatoms. The number of methoxy groups -OCH3 is 2. The van der Waals surface area contributed by atoms with Gasteiger partial charge in [-0.25, -0.2) is 9.79 Å². The molecule has 0 heterocycles. The second kappa shape index (κ2) is 9.58. The van der Waals surface area contributed by atoms with Crippen LogP contribution in [0.25, 0.3) is 0 Å². The average Bonchev–Trinajstić information content (AvgIpc) is 2.37. The van der Waals surface area contributed by atoms with Crippen molar-refractivity contribution in [3.63, 3.8) is 0 Å². The number of benzene rings is 1. The molecule has 0 aliphatic rings. The Hall–Kier alpha value is -0.400. The molecule has 0 aliphatic carbocycles. The SMILES string of the molecule is COc1cccc(OC)c1N=C([O-])CCC[P+]([O-])(O)O.[Na+]. The van der Waals surface area contributed by atoms with Gasteiger partial charge in [0, 0.05) is 0 Å². The minimum atomic E-state index is -4.08. The molecule has 0 aromatic heterocycles. The Morgan fingerprint density at radius 1 is 1.24 bits per heavy atom. The van der Waals surface area contributed by atoms with Crippen molar-refractivity contribution in [1.82, 2.24) is 0 Å². The summed E-state index contributed by atoms with van der Waals surface area (Å²) in [5, 5.41) is 11.7. The summed E-state index contributed by atoms with van der Waals surface area (Å²) in [6.07, 6.45) is -0.312. The molecule has 0 saturated carbocycles. The first kappa shape index (κ1) is 20.6. The molecule has 0 unspecified atom stereocenters. The second-order valence-electron chi connectivity index (χ2n) is 4.01. The van der Waals surface area contributed by atoms with Crippen LogP contribution in [-0.2, 0) is 0 Å². The molecule has 1 aromatic rings. The van der Waals surface area contributed by atoms with Crippen LogP contribution in [-0.4, -0.2) is 36.1 Å². The van der Waals surface area contributed by atoms with E-state index in [1.807, 2.05) is 0 Å². The van der Waals surface area contributed by atoms with Crippen molar-refractivity contribution in [2.24, 2.45) is 4.99 Å². The summed E-state index contributed by atoms with van der Waals surface area (Å²) >= 11 is 0. The summed E-state index contributed by atoms with van der Waals surface area (Å²) in [5.41, 5.74) is 0.277. The van der Waals surface area contributed by atoms with E-state index in [1.165, 1.54) is 14.2 Å². The van der Waals surface area contributed by atoms with Gasteiger partial charge in [-0.15, -0.1) is 0 Å². The van der Waals surface area contributed by atoms with Crippen LogP contribution < -0.4 is 49.0 Å². The van der Waals surface area contributed by atoms with E-state index in [9.17, 15) is 10.00 Å². The molecule has 1 rings (SSSR count). The predicted octanol–water partition coefficient (Wildman–Crippen LogP) is -3.01. The molecule has 0 bridgehead atoms. The number of aliphatic imine (C=N–C) groups is 1. The van der Waals surface area contributed by atoms with Crippen molar-refractivity contribution < 1.29 is 58.8 Å². The monoisotopic (exact) mass is 325 g/mol. The summed E-state index contributed by atoms with van der Waals surface area (Å²) in [5.74, 6) is 0.307. The molecule has 21 heavy (non-hydrogen) atoms. The third kappa shape index (κ3) is 7.42. The van der Waals surface area contributed by atoms with Gasteiger partial charge in [0.1, 0.15) is 23.3 Å². The quantitative estimate of drug-likeness (QED) is 0.239. The largest absolute Gasteiger partial charge is 1.00 e. The van der Waals surface area contributed by atoms with Gasteiger partial charge in [-0.2, -0.15) is 0 Å². The van der Waals surface area contributed by atoms with Crippen LogP contribution in [0, 0.1) is 0 Å². The van der Waals surface area contributed by atoms with E-state index >= 15 is 0 Å². The van der Waals surface area contributed by atoms with Crippen LogP contribution in [0.4, 0.5) is 5.69 Å². The fourth-order valence-electron chi connectivity index (χ4n) is 1.56. The van der Waals surface area contributed by atoms with Crippen LogP contribution in [0.15, 0.2) is 23.2 Å². The maximum absolute atomic E-state index is 11.7. The third-order valence-corrected chi connectivity index (χ3v) is 3.38. The average molecular weight is 325 g/mol. The normalized spacial score (nSPS) is 11.8. The van der Waals surface area contributed by atoms with Gasteiger partial charge in [0.05, 0.1) is 14.2 Å². The maximum Gasteiger partial charge on any atom is 1.00 e. The van der Waals surface area contributed by atoms with Crippen LogP contribution >= 0.6 is 7.94 Å². The molecule has 0 fully saturated rings. The predicted molar refractivity (Wildman–Crippen MR) is 72.1 cm³/mol. The zero-order chi connectivity index (χ0) is 15.2. The number of nitrogens with zero attached hydrogens (tertiary/aromatic N) is 1. The number of hydrogen-bond donors (Lipinski definition) is 2. The van der Waals surface area contributed by atoms with E-state index < -0.39 is 13.8 Å². The molecule has 2 N–H and O–H groups in total. The van der Waals surface area contributed by atoms with E-state index in [0.717, 1.165) is 0 Å². The van der Waals surface area contributed by atoms with Crippen LogP contribution in [0.3, 0.4) is 0 Å². The Morgan fingerprint density at radius 2 is 1.76 bits per heavy atom. The van der Waals surface area contributed by atoms with Crippen molar-refractivity contribution in [2.45, 2.75) is 12.8 Å². The van der Waals surface area contributed by atoms with Crippen molar-refractivity contribution in [1.29, 1.82) is 0 Å². The van der Waals surface area contributed by atoms with Gasteiger partial charge in [0.25, 0.3) is 0 Å². The first-order valence-corrected chi connectivity index (χ1v) is 7.67. The molecular weight excluding hydrogens is 308 g/mol. The van der Waals surface area contributed by atoms with Gasteiger partial charge in [0.15, 0.2) is 0 Å². The molecular formula is C12H17NNaO6P. The summed E-state index contributed by atoms with van der Waals surface area (Å²) < 4.78 is 10.2. The van der Waals surface area contributed by atoms with Crippen molar-refractivity contribution in [3.8, 4) is 11.5 Å². The smallest absolute Gasteiger partial charge is 0.862 e.